The molecule has 0 fully saturated rings. The standard InChI is InChI=1S/C11H18/c1-4-5-6-7-8-9-10-11(2)3/h2,4-8H2,1,3H3. The van der Waals surface area contributed by atoms with Gasteiger partial charge in [-0.25, -0.2) is 0 Å². The minimum atomic E-state index is 0.973. The first-order valence-electron chi connectivity index (χ1n) is 4.41. The van der Waals surface area contributed by atoms with Crippen LogP contribution in [0.5, 0.6) is 0 Å². The second-order valence-electron chi connectivity index (χ2n) is 2.89. The molecular weight excluding hydrogens is 132 g/mol. The first kappa shape index (κ1) is 10.3. The second kappa shape index (κ2) is 7.41. The molecule has 0 unspecified atom stereocenters. The average molecular weight is 150 g/mol. The number of unbranched alkanes of at least 4 members (excludes halogenated alkanes) is 4. The third kappa shape index (κ3) is 9.30. The van der Waals surface area contributed by atoms with E-state index >= 15 is 0 Å². The summed E-state index contributed by atoms with van der Waals surface area (Å²) in [6.45, 7) is 7.88. The van der Waals surface area contributed by atoms with E-state index in [-0.39, 0.29) is 0 Å². The van der Waals surface area contributed by atoms with Gasteiger partial charge in [0.2, 0.25) is 0 Å². The van der Waals surface area contributed by atoms with Gasteiger partial charge in [-0.2, -0.15) is 0 Å². The van der Waals surface area contributed by atoms with Crippen molar-refractivity contribution in [1.82, 2.24) is 0 Å². The van der Waals surface area contributed by atoms with Gasteiger partial charge in [-0.3, -0.25) is 0 Å². The van der Waals surface area contributed by atoms with Crippen molar-refractivity contribution in [3.63, 3.8) is 0 Å². The summed E-state index contributed by atoms with van der Waals surface area (Å²) in [6.07, 6.45) is 6.24. The van der Waals surface area contributed by atoms with Crippen molar-refractivity contribution in [1.29, 1.82) is 0 Å². The predicted octanol–water partition coefficient (Wildman–Crippen LogP) is 3.54. The van der Waals surface area contributed by atoms with Crippen molar-refractivity contribution < 1.29 is 0 Å². The highest BCUT2D eigenvalue weighted by atomic mass is 13.9. The second-order valence-corrected chi connectivity index (χ2v) is 2.89. The molecule has 0 bridgehead atoms. The lowest BCUT2D eigenvalue weighted by atomic mass is 10.1. The molecule has 0 heterocycles. The number of hydrogen-bond acceptors (Lipinski definition) is 0. The Bertz CT molecular complexity index is 155. The average Bonchev–Trinajstić information content (AvgIpc) is 1.96. The number of rotatable bonds is 4. The van der Waals surface area contributed by atoms with E-state index in [1.54, 1.807) is 0 Å². The largest absolute Gasteiger partial charge is 0.0983 e. The first-order chi connectivity index (χ1) is 5.27. The molecule has 0 radical (unpaired) electrons. The molecule has 0 aliphatic carbocycles. The van der Waals surface area contributed by atoms with Gasteiger partial charge >= 0.3 is 0 Å². The molecule has 62 valence electrons. The van der Waals surface area contributed by atoms with E-state index in [1.807, 2.05) is 6.92 Å². The molecule has 0 aliphatic heterocycles. The topological polar surface area (TPSA) is 0 Å². The summed E-state index contributed by atoms with van der Waals surface area (Å²) in [7, 11) is 0. The molecule has 0 aromatic carbocycles. The lowest BCUT2D eigenvalue weighted by Crippen LogP contribution is -1.74. The SMILES string of the molecule is C=C(C)C#CCCCCCC. The van der Waals surface area contributed by atoms with E-state index in [2.05, 4.69) is 25.3 Å². The number of allylic oxidation sites excluding steroid dienone is 1. The van der Waals surface area contributed by atoms with Crippen molar-refractivity contribution in [3.05, 3.63) is 12.2 Å². The van der Waals surface area contributed by atoms with Crippen LogP contribution < -0.4 is 0 Å². The van der Waals surface area contributed by atoms with E-state index in [4.69, 9.17) is 0 Å². The minimum Gasteiger partial charge on any atom is -0.0983 e. The summed E-state index contributed by atoms with van der Waals surface area (Å²) >= 11 is 0. The van der Waals surface area contributed by atoms with E-state index in [0.29, 0.717) is 0 Å². The normalized spacial score (nSPS) is 8.55. The van der Waals surface area contributed by atoms with E-state index in [0.717, 1.165) is 12.0 Å². The van der Waals surface area contributed by atoms with E-state index in [1.165, 1.54) is 25.7 Å². The molecular formula is C11H18. The Morgan fingerprint density at radius 3 is 2.55 bits per heavy atom. The molecule has 0 amide bonds. The highest BCUT2D eigenvalue weighted by Crippen LogP contribution is 2.00. The molecule has 11 heavy (non-hydrogen) atoms. The molecule has 0 spiro atoms. The van der Waals surface area contributed by atoms with E-state index < -0.39 is 0 Å². The molecule has 0 saturated carbocycles. The fourth-order valence-corrected chi connectivity index (χ4v) is 0.854. The Morgan fingerprint density at radius 1 is 1.27 bits per heavy atom. The fraction of sp³-hybridized carbons (Fsp3) is 0.636. The van der Waals surface area contributed by atoms with Gasteiger partial charge in [0.25, 0.3) is 0 Å². The van der Waals surface area contributed by atoms with Crippen LogP contribution in [0.1, 0.15) is 46.0 Å². The molecule has 0 aromatic heterocycles. The van der Waals surface area contributed by atoms with Gasteiger partial charge in [0, 0.05) is 6.42 Å². The summed E-state index contributed by atoms with van der Waals surface area (Å²) in [4.78, 5) is 0. The monoisotopic (exact) mass is 150 g/mol. The summed E-state index contributed by atoms with van der Waals surface area (Å²) in [5.74, 6) is 6.07. The van der Waals surface area contributed by atoms with Crippen molar-refractivity contribution in [2.75, 3.05) is 0 Å². The lowest BCUT2D eigenvalue weighted by molar-refractivity contribution is 0.679. The smallest absolute Gasteiger partial charge is 0.00923 e. The molecule has 0 aliphatic rings. The Morgan fingerprint density at radius 2 is 2.00 bits per heavy atom. The van der Waals surface area contributed by atoms with Crippen LogP contribution in [0, 0.1) is 11.8 Å². The van der Waals surface area contributed by atoms with Gasteiger partial charge < -0.3 is 0 Å². The van der Waals surface area contributed by atoms with E-state index in [9.17, 15) is 0 Å². The van der Waals surface area contributed by atoms with Crippen LogP contribution in [0.3, 0.4) is 0 Å². The van der Waals surface area contributed by atoms with Crippen LogP contribution in [-0.2, 0) is 0 Å². The minimum absolute atomic E-state index is 0.973. The van der Waals surface area contributed by atoms with Crippen molar-refractivity contribution in [3.8, 4) is 11.8 Å². The van der Waals surface area contributed by atoms with Crippen molar-refractivity contribution >= 4 is 0 Å². The zero-order valence-corrected chi connectivity index (χ0v) is 7.74. The Kier molecular flexibility index (Phi) is 6.94. The predicted molar refractivity (Wildman–Crippen MR) is 51.3 cm³/mol. The molecule has 0 rings (SSSR count). The van der Waals surface area contributed by atoms with Gasteiger partial charge in [0.15, 0.2) is 0 Å². The van der Waals surface area contributed by atoms with Gasteiger partial charge in [-0.1, -0.05) is 44.6 Å². The van der Waals surface area contributed by atoms with Crippen LogP contribution in [0.2, 0.25) is 0 Å². The van der Waals surface area contributed by atoms with Gasteiger partial charge in [-0.15, -0.1) is 0 Å². The zero-order valence-electron chi connectivity index (χ0n) is 7.74. The molecule has 0 aromatic rings. The molecule has 0 saturated heterocycles. The lowest BCUT2D eigenvalue weighted by Gasteiger charge is -1.91. The summed E-state index contributed by atoms with van der Waals surface area (Å²) in [5.41, 5.74) is 0.973. The third-order valence-corrected chi connectivity index (χ3v) is 1.46. The van der Waals surface area contributed by atoms with Gasteiger partial charge in [-0.05, 0) is 18.9 Å². The summed E-state index contributed by atoms with van der Waals surface area (Å²) in [6, 6.07) is 0. The third-order valence-electron chi connectivity index (χ3n) is 1.46. The van der Waals surface area contributed by atoms with Crippen molar-refractivity contribution in [2.24, 2.45) is 0 Å². The van der Waals surface area contributed by atoms with Crippen LogP contribution in [0.15, 0.2) is 12.2 Å². The first-order valence-corrected chi connectivity index (χ1v) is 4.41. The van der Waals surface area contributed by atoms with Crippen molar-refractivity contribution in [2.45, 2.75) is 46.0 Å². The molecule has 0 nitrogen and oxygen atoms in total. The Labute approximate surface area is 70.7 Å². The summed E-state index contributed by atoms with van der Waals surface area (Å²) in [5, 5.41) is 0. The highest BCUT2D eigenvalue weighted by molar-refractivity contribution is 5.22. The van der Waals surface area contributed by atoms with Crippen LogP contribution in [0.4, 0.5) is 0 Å². The maximum atomic E-state index is 3.72. The van der Waals surface area contributed by atoms with Gasteiger partial charge in [0.05, 0.1) is 0 Å². The van der Waals surface area contributed by atoms with Crippen LogP contribution in [0.25, 0.3) is 0 Å². The van der Waals surface area contributed by atoms with Crippen LogP contribution in [-0.4, -0.2) is 0 Å². The Balaban J connectivity index is 3.15. The highest BCUT2D eigenvalue weighted by Gasteiger charge is 1.83. The molecule has 0 heteroatoms. The fourth-order valence-electron chi connectivity index (χ4n) is 0.854. The number of hydrogen-bond donors (Lipinski definition) is 0. The van der Waals surface area contributed by atoms with Crippen LogP contribution >= 0.6 is 0 Å². The van der Waals surface area contributed by atoms with Gasteiger partial charge in [0.1, 0.15) is 0 Å². The Hall–Kier alpha value is -0.700. The quantitative estimate of drug-likeness (QED) is 0.425. The molecule has 0 N–H and O–H groups in total. The maximum absolute atomic E-state index is 3.72. The maximum Gasteiger partial charge on any atom is 0.00923 e. The zero-order chi connectivity index (χ0) is 8.53. The molecule has 0 atom stereocenters. The summed E-state index contributed by atoms with van der Waals surface area (Å²) < 4.78 is 0.